The Bertz CT molecular complexity index is 656. The molecule has 4 nitrogen and oxygen atoms in total. The Morgan fingerprint density at radius 2 is 1.95 bits per heavy atom. The van der Waals surface area contributed by atoms with Crippen molar-refractivity contribution in [2.75, 3.05) is 0 Å². The number of rotatable bonds is 4. The van der Waals surface area contributed by atoms with E-state index in [2.05, 4.69) is 0 Å². The Morgan fingerprint density at radius 3 is 2.60 bits per heavy atom. The van der Waals surface area contributed by atoms with Crippen LogP contribution in [0.25, 0.3) is 0 Å². The number of ether oxygens (including phenoxy) is 1. The fourth-order valence-corrected chi connectivity index (χ4v) is 2.03. The third kappa shape index (κ3) is 2.91. The summed E-state index contributed by atoms with van der Waals surface area (Å²) >= 11 is 5.80. The van der Waals surface area contributed by atoms with E-state index in [4.69, 9.17) is 16.3 Å². The van der Waals surface area contributed by atoms with Crippen molar-refractivity contribution in [2.24, 2.45) is 0 Å². The van der Waals surface area contributed by atoms with E-state index in [0.717, 1.165) is 16.7 Å². The van der Waals surface area contributed by atoms with E-state index in [0.29, 0.717) is 11.6 Å². The molecule has 0 atom stereocenters. The first-order valence-corrected chi connectivity index (χ1v) is 6.63. The number of para-hydroxylation sites is 1. The molecule has 0 aliphatic rings. The van der Waals surface area contributed by atoms with Gasteiger partial charge in [0, 0.05) is 11.9 Å². The Hall–Kier alpha value is -2.07. The maximum atomic E-state index is 11.1. The minimum absolute atomic E-state index is 0.0410. The van der Waals surface area contributed by atoms with Gasteiger partial charge in [0.25, 0.3) is 0 Å². The van der Waals surface area contributed by atoms with Gasteiger partial charge in [0.2, 0.25) is 5.75 Å². The van der Waals surface area contributed by atoms with Crippen molar-refractivity contribution in [2.45, 2.75) is 19.7 Å². The van der Waals surface area contributed by atoms with Crippen molar-refractivity contribution in [1.82, 2.24) is 0 Å². The smallest absolute Gasteiger partial charge is 0.311 e. The summed E-state index contributed by atoms with van der Waals surface area (Å²) in [5, 5.41) is 11.1. The summed E-state index contributed by atoms with van der Waals surface area (Å²) in [6.45, 7) is 3.67. The highest BCUT2D eigenvalue weighted by Crippen LogP contribution is 2.36. The predicted octanol–water partition coefficient (Wildman–Crippen LogP) is 4.74. The number of benzene rings is 2. The van der Waals surface area contributed by atoms with Gasteiger partial charge in [0.05, 0.1) is 4.92 Å². The zero-order chi connectivity index (χ0) is 14.7. The Kier molecular flexibility index (Phi) is 4.25. The van der Waals surface area contributed by atoms with Crippen molar-refractivity contribution in [3.05, 3.63) is 63.2 Å². The first-order valence-electron chi connectivity index (χ1n) is 6.10. The quantitative estimate of drug-likeness (QED) is 0.464. The molecule has 0 bridgehead atoms. The van der Waals surface area contributed by atoms with Gasteiger partial charge in [-0.1, -0.05) is 24.3 Å². The topological polar surface area (TPSA) is 52.4 Å². The molecule has 0 aromatic heterocycles. The molecule has 5 heteroatoms. The van der Waals surface area contributed by atoms with E-state index < -0.39 is 4.92 Å². The van der Waals surface area contributed by atoms with Gasteiger partial charge in [0.1, 0.15) is 5.75 Å². The highest BCUT2D eigenvalue weighted by molar-refractivity contribution is 6.17. The van der Waals surface area contributed by atoms with Crippen molar-refractivity contribution >= 4 is 17.3 Å². The van der Waals surface area contributed by atoms with Crippen molar-refractivity contribution < 1.29 is 9.66 Å². The van der Waals surface area contributed by atoms with Crippen LogP contribution in [0.2, 0.25) is 0 Å². The molecule has 0 radical (unpaired) electrons. The second kappa shape index (κ2) is 5.92. The van der Waals surface area contributed by atoms with Crippen LogP contribution in [0, 0.1) is 24.0 Å². The van der Waals surface area contributed by atoms with Gasteiger partial charge in [-0.3, -0.25) is 10.1 Å². The number of halogens is 1. The summed E-state index contributed by atoms with van der Waals surface area (Å²) in [6, 6.07) is 10.5. The highest BCUT2D eigenvalue weighted by Gasteiger charge is 2.18. The molecule has 0 saturated heterocycles. The zero-order valence-electron chi connectivity index (χ0n) is 11.2. The van der Waals surface area contributed by atoms with Gasteiger partial charge in [-0.2, -0.15) is 0 Å². The molecule has 104 valence electrons. The van der Waals surface area contributed by atoms with Crippen molar-refractivity contribution in [1.29, 1.82) is 0 Å². The van der Waals surface area contributed by atoms with Crippen molar-refractivity contribution in [3.63, 3.8) is 0 Å². The average molecular weight is 292 g/mol. The molecule has 0 heterocycles. The molecule has 2 aromatic carbocycles. The average Bonchev–Trinajstić information content (AvgIpc) is 2.43. The monoisotopic (exact) mass is 291 g/mol. The lowest BCUT2D eigenvalue weighted by Crippen LogP contribution is -1.97. The molecular weight excluding hydrogens is 278 g/mol. The van der Waals surface area contributed by atoms with E-state index in [1.807, 2.05) is 19.1 Å². The summed E-state index contributed by atoms with van der Waals surface area (Å²) in [7, 11) is 0. The molecule has 2 aromatic rings. The predicted molar refractivity (Wildman–Crippen MR) is 78.6 cm³/mol. The molecule has 0 amide bonds. The summed E-state index contributed by atoms with van der Waals surface area (Å²) in [4.78, 5) is 10.6. The van der Waals surface area contributed by atoms with Gasteiger partial charge < -0.3 is 4.74 Å². The van der Waals surface area contributed by atoms with E-state index in [9.17, 15) is 10.1 Å². The fraction of sp³-hybridized carbons (Fsp3) is 0.200. The molecule has 0 aliphatic carbocycles. The second-order valence-corrected chi connectivity index (χ2v) is 4.78. The lowest BCUT2D eigenvalue weighted by molar-refractivity contribution is -0.385. The van der Waals surface area contributed by atoms with Crippen LogP contribution in [0.1, 0.15) is 16.7 Å². The summed E-state index contributed by atoms with van der Waals surface area (Å²) in [5.74, 6) is 1.22. The van der Waals surface area contributed by atoms with Crippen molar-refractivity contribution in [3.8, 4) is 11.5 Å². The fourth-order valence-electron chi connectivity index (χ4n) is 1.86. The Morgan fingerprint density at radius 1 is 1.20 bits per heavy atom. The van der Waals surface area contributed by atoms with Gasteiger partial charge in [-0.15, -0.1) is 11.6 Å². The Balaban J connectivity index is 2.47. The zero-order valence-corrected chi connectivity index (χ0v) is 12.0. The summed E-state index contributed by atoms with van der Waals surface area (Å²) in [5.41, 5.74) is 2.48. The molecule has 0 aliphatic heterocycles. The standard InChI is InChI=1S/C15H14ClNO3/c1-10-6-7-12(9-16)8-14(10)20-15-11(2)4-3-5-13(15)17(18)19/h3-8H,9H2,1-2H3. The van der Waals surface area contributed by atoms with Crippen LogP contribution in [-0.4, -0.2) is 4.92 Å². The molecule has 0 spiro atoms. The van der Waals surface area contributed by atoms with Crippen LogP contribution in [0.15, 0.2) is 36.4 Å². The molecule has 0 fully saturated rings. The third-order valence-corrected chi connectivity index (χ3v) is 3.32. The van der Waals surface area contributed by atoms with Crippen LogP contribution < -0.4 is 4.74 Å². The number of alkyl halides is 1. The first-order chi connectivity index (χ1) is 9.52. The van der Waals surface area contributed by atoms with Crippen LogP contribution in [-0.2, 0) is 5.88 Å². The minimum atomic E-state index is -0.441. The summed E-state index contributed by atoms with van der Waals surface area (Å²) in [6.07, 6.45) is 0. The molecular formula is C15H14ClNO3. The van der Waals surface area contributed by atoms with Crippen LogP contribution >= 0.6 is 11.6 Å². The third-order valence-electron chi connectivity index (χ3n) is 3.01. The van der Waals surface area contributed by atoms with E-state index in [1.165, 1.54) is 6.07 Å². The number of hydrogen-bond donors (Lipinski definition) is 0. The maximum Gasteiger partial charge on any atom is 0.311 e. The first kappa shape index (κ1) is 14.3. The maximum absolute atomic E-state index is 11.1. The number of nitrogens with zero attached hydrogens (tertiary/aromatic N) is 1. The largest absolute Gasteiger partial charge is 0.450 e. The lowest BCUT2D eigenvalue weighted by Gasteiger charge is -2.12. The molecule has 0 unspecified atom stereocenters. The molecule has 20 heavy (non-hydrogen) atoms. The molecule has 0 N–H and O–H groups in total. The van der Waals surface area contributed by atoms with Gasteiger partial charge in [0.15, 0.2) is 0 Å². The summed E-state index contributed by atoms with van der Waals surface area (Å²) < 4.78 is 5.77. The number of hydrogen-bond acceptors (Lipinski definition) is 3. The SMILES string of the molecule is Cc1ccc(CCl)cc1Oc1c(C)cccc1[N+](=O)[O-]. The van der Waals surface area contributed by atoms with E-state index in [-0.39, 0.29) is 11.4 Å². The van der Waals surface area contributed by atoms with Gasteiger partial charge in [-0.05, 0) is 36.6 Å². The molecule has 0 saturated carbocycles. The highest BCUT2D eigenvalue weighted by atomic mass is 35.5. The van der Waals surface area contributed by atoms with Crippen LogP contribution in [0.5, 0.6) is 11.5 Å². The number of nitro benzene ring substituents is 1. The van der Waals surface area contributed by atoms with E-state index in [1.54, 1.807) is 25.1 Å². The molecule has 2 rings (SSSR count). The number of aryl methyl sites for hydroxylation is 2. The van der Waals surface area contributed by atoms with Gasteiger partial charge in [-0.25, -0.2) is 0 Å². The lowest BCUT2D eigenvalue weighted by atomic mass is 10.1. The minimum Gasteiger partial charge on any atom is -0.450 e. The van der Waals surface area contributed by atoms with Gasteiger partial charge >= 0.3 is 5.69 Å². The van der Waals surface area contributed by atoms with E-state index >= 15 is 0 Å². The number of nitro groups is 1. The van der Waals surface area contributed by atoms with Crippen LogP contribution in [0.4, 0.5) is 5.69 Å². The van der Waals surface area contributed by atoms with Crippen LogP contribution in [0.3, 0.4) is 0 Å². The normalized spacial score (nSPS) is 10.3. The Labute approximate surface area is 122 Å². The second-order valence-electron chi connectivity index (χ2n) is 4.52.